The Balaban J connectivity index is 1.85. The van der Waals surface area contributed by atoms with E-state index in [4.69, 9.17) is 10.5 Å². The molecule has 1 aliphatic heterocycles. The molecule has 142 valence electrons. The second-order valence-corrected chi connectivity index (χ2v) is 7.22. The molecule has 2 rings (SSSR count). The van der Waals surface area contributed by atoms with Crippen LogP contribution in [0, 0.1) is 0 Å². The molecule has 0 aliphatic carbocycles. The molecule has 0 aromatic heterocycles. The molecular weight excluding hydrogens is 334 g/mol. The maximum Gasteiger partial charge on any atom is 0.410 e. The van der Waals surface area contributed by atoms with E-state index in [1.54, 1.807) is 11.1 Å². The van der Waals surface area contributed by atoms with Crippen LogP contribution in [0.5, 0.6) is 0 Å². The molecule has 1 aliphatic rings. The molecule has 0 bridgehead atoms. The molecule has 0 radical (unpaired) electrons. The van der Waals surface area contributed by atoms with Crippen molar-refractivity contribution in [2.75, 3.05) is 26.2 Å². The highest BCUT2D eigenvalue weighted by Gasteiger charge is 2.25. The third kappa shape index (κ3) is 6.72. The number of piperazine rings is 1. The lowest BCUT2D eigenvalue weighted by Gasteiger charge is -2.35. The van der Waals surface area contributed by atoms with Crippen LogP contribution in [0.3, 0.4) is 0 Å². The van der Waals surface area contributed by atoms with Crippen LogP contribution in [0.15, 0.2) is 29.4 Å². The van der Waals surface area contributed by atoms with E-state index in [9.17, 15) is 9.59 Å². The van der Waals surface area contributed by atoms with Crippen molar-refractivity contribution in [2.45, 2.75) is 32.9 Å². The first-order valence-electron chi connectivity index (χ1n) is 8.61. The molecule has 0 unspecified atom stereocenters. The average molecular weight is 361 g/mol. The number of rotatable bonds is 4. The minimum absolute atomic E-state index is 0.252. The van der Waals surface area contributed by atoms with Gasteiger partial charge in [-0.3, -0.25) is 4.90 Å². The SMILES string of the molecule is CC(C)(C)OC(=O)N1CCN(Cc2cccc(C=NNC(N)=O)c2)CC1. The maximum atomic E-state index is 12.1. The third-order valence-corrected chi connectivity index (χ3v) is 3.77. The zero-order valence-corrected chi connectivity index (χ0v) is 15.6. The first-order valence-corrected chi connectivity index (χ1v) is 8.61. The van der Waals surface area contributed by atoms with Crippen molar-refractivity contribution in [2.24, 2.45) is 10.8 Å². The fourth-order valence-electron chi connectivity index (χ4n) is 2.62. The van der Waals surface area contributed by atoms with E-state index in [0.717, 1.165) is 30.8 Å². The van der Waals surface area contributed by atoms with Gasteiger partial charge in [0.2, 0.25) is 0 Å². The molecule has 3 amide bonds. The van der Waals surface area contributed by atoms with Crippen molar-refractivity contribution in [1.82, 2.24) is 15.2 Å². The Bertz CT molecular complexity index is 661. The monoisotopic (exact) mass is 361 g/mol. The van der Waals surface area contributed by atoms with Gasteiger partial charge in [0.05, 0.1) is 6.21 Å². The summed E-state index contributed by atoms with van der Waals surface area (Å²) >= 11 is 0. The summed E-state index contributed by atoms with van der Waals surface area (Å²) in [5.41, 5.74) is 8.69. The molecule has 0 spiro atoms. The summed E-state index contributed by atoms with van der Waals surface area (Å²) in [5, 5.41) is 3.77. The minimum atomic E-state index is -0.694. The summed E-state index contributed by atoms with van der Waals surface area (Å²) < 4.78 is 5.42. The molecular formula is C18H27N5O3. The number of carbonyl (C=O) groups excluding carboxylic acids is 2. The summed E-state index contributed by atoms with van der Waals surface area (Å²) in [6.45, 7) is 9.29. The van der Waals surface area contributed by atoms with E-state index in [2.05, 4.69) is 15.4 Å². The van der Waals surface area contributed by atoms with Crippen LogP contribution in [-0.2, 0) is 11.3 Å². The van der Waals surface area contributed by atoms with E-state index in [0.29, 0.717) is 13.1 Å². The van der Waals surface area contributed by atoms with Gasteiger partial charge in [-0.1, -0.05) is 18.2 Å². The molecule has 26 heavy (non-hydrogen) atoms. The van der Waals surface area contributed by atoms with Crippen molar-refractivity contribution in [3.05, 3.63) is 35.4 Å². The zero-order valence-electron chi connectivity index (χ0n) is 15.6. The summed E-state index contributed by atoms with van der Waals surface area (Å²) in [4.78, 5) is 26.8. The number of primary amides is 1. The summed E-state index contributed by atoms with van der Waals surface area (Å²) in [5.74, 6) is 0. The van der Waals surface area contributed by atoms with Crippen LogP contribution in [0.1, 0.15) is 31.9 Å². The average Bonchev–Trinajstić information content (AvgIpc) is 2.54. The van der Waals surface area contributed by atoms with Crippen LogP contribution < -0.4 is 11.2 Å². The molecule has 1 fully saturated rings. The molecule has 0 saturated carbocycles. The molecule has 8 nitrogen and oxygen atoms in total. The lowest BCUT2D eigenvalue weighted by molar-refractivity contribution is 0.0139. The number of nitrogens with zero attached hydrogens (tertiary/aromatic N) is 3. The zero-order chi connectivity index (χ0) is 19.2. The van der Waals surface area contributed by atoms with Gasteiger partial charge in [0.15, 0.2) is 0 Å². The second kappa shape index (κ2) is 8.66. The molecule has 1 aromatic rings. The lowest BCUT2D eigenvalue weighted by Crippen LogP contribution is -2.49. The standard InChI is InChI=1S/C18H27N5O3/c1-18(2,3)26-17(25)23-9-7-22(8-10-23)13-15-6-4-5-14(11-15)12-20-21-16(19)24/h4-6,11-12H,7-10,13H2,1-3H3,(H3,19,21,24). The smallest absolute Gasteiger partial charge is 0.410 e. The number of ether oxygens (including phenoxy) is 1. The topological polar surface area (TPSA) is 100 Å². The molecule has 3 N–H and O–H groups in total. The van der Waals surface area contributed by atoms with E-state index in [-0.39, 0.29) is 6.09 Å². The number of amides is 3. The number of carbonyl (C=O) groups is 2. The van der Waals surface area contributed by atoms with Crippen molar-refractivity contribution < 1.29 is 14.3 Å². The van der Waals surface area contributed by atoms with Crippen LogP contribution in [0.4, 0.5) is 9.59 Å². The molecule has 1 aromatic carbocycles. The minimum Gasteiger partial charge on any atom is -0.444 e. The Labute approximate surface area is 154 Å². The number of hydrogen-bond acceptors (Lipinski definition) is 5. The van der Waals surface area contributed by atoms with Gasteiger partial charge in [-0.2, -0.15) is 5.10 Å². The quantitative estimate of drug-likeness (QED) is 0.630. The third-order valence-electron chi connectivity index (χ3n) is 3.77. The van der Waals surface area contributed by atoms with Gasteiger partial charge >= 0.3 is 12.1 Å². The van der Waals surface area contributed by atoms with Crippen molar-refractivity contribution in [1.29, 1.82) is 0 Å². The van der Waals surface area contributed by atoms with Gasteiger partial charge in [0.1, 0.15) is 5.60 Å². The van der Waals surface area contributed by atoms with Gasteiger partial charge in [-0.15, -0.1) is 0 Å². The fourth-order valence-corrected chi connectivity index (χ4v) is 2.62. The van der Waals surface area contributed by atoms with Gasteiger partial charge in [0, 0.05) is 32.7 Å². The number of urea groups is 1. The maximum absolute atomic E-state index is 12.1. The highest BCUT2D eigenvalue weighted by Crippen LogP contribution is 2.14. The van der Waals surface area contributed by atoms with Gasteiger partial charge in [0.25, 0.3) is 0 Å². The largest absolute Gasteiger partial charge is 0.444 e. The predicted molar refractivity (Wildman–Crippen MR) is 99.8 cm³/mol. The summed E-state index contributed by atoms with van der Waals surface area (Å²) in [6, 6.07) is 7.19. The molecule has 1 heterocycles. The van der Waals surface area contributed by atoms with Gasteiger partial charge < -0.3 is 15.4 Å². The molecule has 1 saturated heterocycles. The Morgan fingerprint density at radius 3 is 2.58 bits per heavy atom. The van der Waals surface area contributed by atoms with Gasteiger partial charge in [-0.25, -0.2) is 15.0 Å². The summed E-state index contributed by atoms with van der Waals surface area (Å²) in [7, 11) is 0. The number of nitrogens with two attached hydrogens (primary N) is 1. The first-order chi connectivity index (χ1) is 12.2. The van der Waals surface area contributed by atoms with Crippen LogP contribution >= 0.6 is 0 Å². The first kappa shape index (κ1) is 19.7. The lowest BCUT2D eigenvalue weighted by atomic mass is 10.1. The van der Waals surface area contributed by atoms with E-state index in [1.165, 1.54) is 0 Å². The van der Waals surface area contributed by atoms with E-state index >= 15 is 0 Å². The Morgan fingerprint density at radius 2 is 1.96 bits per heavy atom. The van der Waals surface area contributed by atoms with Crippen molar-refractivity contribution in [3.8, 4) is 0 Å². The van der Waals surface area contributed by atoms with Crippen molar-refractivity contribution in [3.63, 3.8) is 0 Å². The highest BCUT2D eigenvalue weighted by molar-refractivity contribution is 5.81. The fraction of sp³-hybridized carbons (Fsp3) is 0.500. The van der Waals surface area contributed by atoms with Crippen LogP contribution in [0.2, 0.25) is 0 Å². The molecule has 0 atom stereocenters. The number of hydrazone groups is 1. The van der Waals surface area contributed by atoms with Crippen LogP contribution in [0.25, 0.3) is 0 Å². The predicted octanol–water partition coefficient (Wildman–Crippen LogP) is 1.74. The normalized spacial score (nSPS) is 15.9. The summed E-state index contributed by atoms with van der Waals surface area (Å²) in [6.07, 6.45) is 1.30. The Hall–Kier alpha value is -2.61. The van der Waals surface area contributed by atoms with Crippen molar-refractivity contribution >= 4 is 18.3 Å². The Morgan fingerprint density at radius 1 is 1.27 bits per heavy atom. The second-order valence-electron chi connectivity index (χ2n) is 7.22. The highest BCUT2D eigenvalue weighted by atomic mass is 16.6. The molecule has 8 heteroatoms. The number of benzene rings is 1. The Kier molecular flexibility index (Phi) is 6.57. The van der Waals surface area contributed by atoms with Crippen LogP contribution in [-0.4, -0.2) is 59.9 Å². The van der Waals surface area contributed by atoms with Gasteiger partial charge in [-0.05, 0) is 38.0 Å². The number of nitrogens with one attached hydrogen (secondary N) is 1. The van der Waals surface area contributed by atoms with E-state index in [1.807, 2.05) is 45.0 Å². The van der Waals surface area contributed by atoms with E-state index < -0.39 is 11.6 Å². The number of hydrogen-bond donors (Lipinski definition) is 2.